The van der Waals surface area contributed by atoms with Crippen LogP contribution in [0.15, 0.2) is 18.2 Å². The number of likely N-dealkylation sites (tertiary alicyclic amines) is 1. The molecule has 2 fully saturated rings. The van der Waals surface area contributed by atoms with Crippen molar-refractivity contribution >= 4 is 29.4 Å². The average molecular weight is 324 g/mol. The van der Waals surface area contributed by atoms with Crippen LogP contribution in [0.1, 0.15) is 10.4 Å². The third-order valence-electron chi connectivity index (χ3n) is 3.78. The van der Waals surface area contributed by atoms with E-state index in [9.17, 15) is 14.4 Å². The molecule has 0 aromatic heterocycles. The lowest BCUT2D eigenvalue weighted by molar-refractivity contribution is -0.128. The van der Waals surface area contributed by atoms with Crippen LogP contribution in [0.25, 0.3) is 0 Å². The second kappa shape index (κ2) is 5.49. The van der Waals surface area contributed by atoms with E-state index in [2.05, 4.69) is 5.32 Å². The highest BCUT2D eigenvalue weighted by Crippen LogP contribution is 2.27. The monoisotopic (exact) mass is 323 g/mol. The Bertz CT molecular complexity index is 641. The summed E-state index contributed by atoms with van der Waals surface area (Å²) in [4.78, 5) is 38.4. The molecule has 1 aromatic rings. The molecule has 0 saturated carbocycles. The first-order chi connectivity index (χ1) is 10.5. The zero-order chi connectivity index (χ0) is 15.9. The fourth-order valence-corrected chi connectivity index (χ4v) is 2.78. The molecule has 4 amide bonds. The van der Waals surface area contributed by atoms with Crippen LogP contribution in [0, 0.1) is 0 Å². The van der Waals surface area contributed by atoms with Crippen molar-refractivity contribution in [1.29, 1.82) is 0 Å². The van der Waals surface area contributed by atoms with E-state index in [4.69, 9.17) is 16.3 Å². The quantitative estimate of drug-likeness (QED) is 0.832. The molecule has 0 aliphatic carbocycles. The smallest absolute Gasteiger partial charge is 0.324 e. The summed E-state index contributed by atoms with van der Waals surface area (Å²) in [6, 6.07) is 4.14. The zero-order valence-electron chi connectivity index (χ0n) is 11.8. The number of carbonyl (C=O) groups is 3. The van der Waals surface area contributed by atoms with Gasteiger partial charge in [-0.2, -0.15) is 0 Å². The molecule has 116 valence electrons. The van der Waals surface area contributed by atoms with Gasteiger partial charge in [0.25, 0.3) is 5.91 Å². The third-order valence-corrected chi connectivity index (χ3v) is 4.02. The predicted octanol–water partition coefficient (Wildman–Crippen LogP) is 0.725. The largest absolute Gasteiger partial charge is 0.496 e. The maximum absolute atomic E-state index is 12.5. The van der Waals surface area contributed by atoms with Crippen molar-refractivity contribution in [2.24, 2.45) is 0 Å². The minimum absolute atomic E-state index is 0.0192. The van der Waals surface area contributed by atoms with E-state index in [0.29, 0.717) is 29.4 Å². The average Bonchev–Trinajstić information content (AvgIpc) is 2.77. The Balaban J connectivity index is 1.70. The Labute approximate surface area is 131 Å². The van der Waals surface area contributed by atoms with E-state index in [1.54, 1.807) is 23.1 Å². The van der Waals surface area contributed by atoms with E-state index in [0.717, 1.165) is 0 Å². The van der Waals surface area contributed by atoms with Crippen molar-refractivity contribution in [2.75, 3.05) is 26.7 Å². The molecule has 0 radical (unpaired) electrons. The summed E-state index contributed by atoms with van der Waals surface area (Å²) in [5.74, 6) is -0.0575. The number of nitrogens with one attached hydrogen (secondary N) is 1. The zero-order valence-corrected chi connectivity index (χ0v) is 12.6. The summed E-state index contributed by atoms with van der Waals surface area (Å²) >= 11 is 5.92. The molecular weight excluding hydrogens is 310 g/mol. The van der Waals surface area contributed by atoms with Gasteiger partial charge in [0.15, 0.2) is 0 Å². The summed E-state index contributed by atoms with van der Waals surface area (Å²) in [7, 11) is 1.48. The number of hydrogen-bond donors (Lipinski definition) is 1. The van der Waals surface area contributed by atoms with Crippen LogP contribution in [0.4, 0.5) is 4.79 Å². The van der Waals surface area contributed by atoms with Gasteiger partial charge in [0, 0.05) is 18.1 Å². The van der Waals surface area contributed by atoms with Gasteiger partial charge in [-0.05, 0) is 18.2 Å². The Morgan fingerprint density at radius 3 is 2.68 bits per heavy atom. The summed E-state index contributed by atoms with van der Waals surface area (Å²) in [6.07, 6.45) is 0. The van der Waals surface area contributed by atoms with Gasteiger partial charge in [0.2, 0.25) is 5.91 Å². The molecule has 1 N–H and O–H groups in total. The van der Waals surface area contributed by atoms with Gasteiger partial charge in [0.1, 0.15) is 5.75 Å². The number of nitrogens with zero attached hydrogens (tertiary/aromatic N) is 2. The molecule has 0 atom stereocenters. The second-order valence-electron chi connectivity index (χ2n) is 5.13. The molecule has 2 saturated heterocycles. The topological polar surface area (TPSA) is 79.0 Å². The van der Waals surface area contributed by atoms with E-state index < -0.39 is 6.03 Å². The predicted molar refractivity (Wildman–Crippen MR) is 77.9 cm³/mol. The van der Waals surface area contributed by atoms with Gasteiger partial charge >= 0.3 is 6.03 Å². The third kappa shape index (κ3) is 2.37. The van der Waals surface area contributed by atoms with Crippen LogP contribution >= 0.6 is 11.6 Å². The molecule has 22 heavy (non-hydrogen) atoms. The number of ether oxygens (including phenoxy) is 1. The molecule has 8 heteroatoms. The van der Waals surface area contributed by atoms with Crippen molar-refractivity contribution in [2.45, 2.75) is 6.04 Å². The molecular formula is C14H14ClN3O4. The van der Waals surface area contributed by atoms with Crippen LogP contribution in [-0.2, 0) is 4.79 Å². The number of halogens is 1. The lowest BCUT2D eigenvalue weighted by Gasteiger charge is -2.42. The van der Waals surface area contributed by atoms with Crippen LogP contribution in [0.5, 0.6) is 5.75 Å². The van der Waals surface area contributed by atoms with E-state index in [1.165, 1.54) is 12.0 Å². The molecule has 7 nitrogen and oxygen atoms in total. The number of carbonyl (C=O) groups excluding carboxylic acids is 3. The van der Waals surface area contributed by atoms with Crippen LogP contribution in [0.3, 0.4) is 0 Å². The van der Waals surface area contributed by atoms with Crippen molar-refractivity contribution < 1.29 is 19.1 Å². The summed E-state index contributed by atoms with van der Waals surface area (Å²) in [5, 5.41) is 2.91. The minimum Gasteiger partial charge on any atom is -0.496 e. The number of hydrogen-bond acceptors (Lipinski definition) is 4. The van der Waals surface area contributed by atoms with Crippen LogP contribution < -0.4 is 10.1 Å². The SMILES string of the molecule is COc1ccc(Cl)cc1C(=O)N1CC(N2C(=O)CNC2=O)C1. The van der Waals surface area contributed by atoms with Crippen molar-refractivity contribution in [3.8, 4) is 5.75 Å². The van der Waals surface area contributed by atoms with Crippen molar-refractivity contribution in [3.05, 3.63) is 28.8 Å². The number of methoxy groups -OCH3 is 1. The second-order valence-corrected chi connectivity index (χ2v) is 5.57. The molecule has 0 spiro atoms. The summed E-state index contributed by atoms with van der Waals surface area (Å²) in [6.45, 7) is 0.646. The molecule has 2 aliphatic heterocycles. The maximum Gasteiger partial charge on any atom is 0.324 e. The first-order valence-electron chi connectivity index (χ1n) is 6.74. The van der Waals surface area contributed by atoms with Gasteiger partial charge in [-0.15, -0.1) is 0 Å². The normalized spacial score (nSPS) is 18.3. The van der Waals surface area contributed by atoms with Gasteiger partial charge in [-0.3, -0.25) is 14.5 Å². The highest BCUT2D eigenvalue weighted by molar-refractivity contribution is 6.31. The van der Waals surface area contributed by atoms with Crippen LogP contribution in [0.2, 0.25) is 5.02 Å². The Morgan fingerprint density at radius 1 is 1.36 bits per heavy atom. The van der Waals surface area contributed by atoms with Gasteiger partial charge in [-0.25, -0.2) is 4.79 Å². The molecule has 2 aliphatic rings. The molecule has 2 heterocycles. The number of amides is 4. The molecule has 0 unspecified atom stereocenters. The first kappa shape index (κ1) is 14.6. The lowest BCUT2D eigenvalue weighted by atomic mass is 10.0. The minimum atomic E-state index is -0.401. The standard InChI is InChI=1S/C14H14ClN3O4/c1-22-11-3-2-8(15)4-10(11)13(20)17-6-9(7-17)18-12(19)5-16-14(18)21/h2-4,9H,5-7H2,1H3,(H,16,21). The fourth-order valence-electron chi connectivity index (χ4n) is 2.61. The van der Waals surface area contributed by atoms with E-state index >= 15 is 0 Å². The highest BCUT2D eigenvalue weighted by Gasteiger charge is 2.43. The lowest BCUT2D eigenvalue weighted by Crippen LogP contribution is -2.62. The van der Waals surface area contributed by atoms with Crippen molar-refractivity contribution in [1.82, 2.24) is 15.1 Å². The van der Waals surface area contributed by atoms with Gasteiger partial charge < -0.3 is 15.0 Å². The number of benzene rings is 1. The molecule has 3 rings (SSSR count). The summed E-state index contributed by atoms with van der Waals surface area (Å²) < 4.78 is 5.17. The van der Waals surface area contributed by atoms with Gasteiger partial charge in [-0.1, -0.05) is 11.6 Å². The summed E-state index contributed by atoms with van der Waals surface area (Å²) in [5.41, 5.74) is 0.366. The Kier molecular flexibility index (Phi) is 3.66. The van der Waals surface area contributed by atoms with Gasteiger partial charge in [0.05, 0.1) is 25.3 Å². The molecule has 0 bridgehead atoms. The number of imide groups is 1. The maximum atomic E-state index is 12.5. The number of rotatable bonds is 3. The highest BCUT2D eigenvalue weighted by atomic mass is 35.5. The van der Waals surface area contributed by atoms with Crippen LogP contribution in [-0.4, -0.2) is 60.4 Å². The Hall–Kier alpha value is -2.28. The fraction of sp³-hybridized carbons (Fsp3) is 0.357. The Morgan fingerprint density at radius 2 is 2.09 bits per heavy atom. The van der Waals surface area contributed by atoms with E-state index in [1.807, 2.05) is 0 Å². The van der Waals surface area contributed by atoms with E-state index in [-0.39, 0.29) is 24.4 Å². The first-order valence-corrected chi connectivity index (χ1v) is 7.11. The number of urea groups is 1. The van der Waals surface area contributed by atoms with Crippen molar-refractivity contribution in [3.63, 3.8) is 0 Å². The molecule has 1 aromatic carbocycles.